The minimum Gasteiger partial charge on any atom is -0.376 e. The number of hydrogen-bond donors (Lipinski definition) is 1. The van der Waals surface area contributed by atoms with E-state index in [4.69, 9.17) is 0 Å². The van der Waals surface area contributed by atoms with E-state index >= 15 is 0 Å². The summed E-state index contributed by atoms with van der Waals surface area (Å²) in [4.78, 5) is 8.82. The number of para-hydroxylation sites is 3. The summed E-state index contributed by atoms with van der Waals surface area (Å²) in [6.07, 6.45) is 1.70. The SMILES string of the molecule is Fc1cccc(Br)c1NCc1cnc2ccccc2n1. The average molecular weight is 332 g/mol. The van der Waals surface area contributed by atoms with Crippen molar-refractivity contribution >= 4 is 32.7 Å². The largest absolute Gasteiger partial charge is 0.376 e. The fourth-order valence-corrected chi connectivity index (χ4v) is 2.41. The Morgan fingerprint density at radius 2 is 1.85 bits per heavy atom. The maximum absolute atomic E-state index is 13.7. The lowest BCUT2D eigenvalue weighted by atomic mass is 10.3. The lowest BCUT2D eigenvalue weighted by molar-refractivity contribution is 0.629. The van der Waals surface area contributed by atoms with Gasteiger partial charge in [-0.1, -0.05) is 18.2 Å². The molecule has 3 nitrogen and oxygen atoms in total. The summed E-state index contributed by atoms with van der Waals surface area (Å²) in [5.74, 6) is -0.298. The van der Waals surface area contributed by atoms with Gasteiger partial charge in [0.2, 0.25) is 0 Å². The third-order valence-electron chi connectivity index (χ3n) is 2.91. The van der Waals surface area contributed by atoms with E-state index in [0.717, 1.165) is 16.7 Å². The first-order valence-electron chi connectivity index (χ1n) is 6.12. The van der Waals surface area contributed by atoms with Gasteiger partial charge in [-0.05, 0) is 40.2 Å². The molecule has 20 heavy (non-hydrogen) atoms. The van der Waals surface area contributed by atoms with Crippen molar-refractivity contribution in [2.75, 3.05) is 5.32 Å². The van der Waals surface area contributed by atoms with Crippen molar-refractivity contribution in [3.63, 3.8) is 0 Å². The van der Waals surface area contributed by atoms with Crippen LogP contribution in [0, 0.1) is 5.82 Å². The molecule has 5 heteroatoms. The van der Waals surface area contributed by atoms with Gasteiger partial charge in [0.15, 0.2) is 0 Å². The predicted octanol–water partition coefficient (Wildman–Crippen LogP) is 4.14. The molecule has 0 aliphatic carbocycles. The smallest absolute Gasteiger partial charge is 0.147 e. The molecule has 0 spiro atoms. The number of halogens is 2. The van der Waals surface area contributed by atoms with Crippen LogP contribution in [0.2, 0.25) is 0 Å². The van der Waals surface area contributed by atoms with E-state index in [1.807, 2.05) is 24.3 Å². The highest BCUT2D eigenvalue weighted by Gasteiger charge is 2.06. The van der Waals surface area contributed by atoms with Gasteiger partial charge < -0.3 is 5.32 Å². The van der Waals surface area contributed by atoms with Crippen molar-refractivity contribution in [3.8, 4) is 0 Å². The maximum Gasteiger partial charge on any atom is 0.147 e. The van der Waals surface area contributed by atoms with Gasteiger partial charge in [0.25, 0.3) is 0 Å². The van der Waals surface area contributed by atoms with E-state index < -0.39 is 0 Å². The monoisotopic (exact) mass is 331 g/mol. The Hall–Kier alpha value is -2.01. The van der Waals surface area contributed by atoms with Crippen LogP contribution in [0.25, 0.3) is 11.0 Å². The molecule has 0 fully saturated rings. The second-order valence-electron chi connectivity index (χ2n) is 4.30. The molecule has 1 aromatic heterocycles. The van der Waals surface area contributed by atoms with Crippen molar-refractivity contribution in [2.24, 2.45) is 0 Å². The Labute approximate surface area is 124 Å². The molecule has 3 aromatic rings. The number of hydrogen-bond acceptors (Lipinski definition) is 3. The van der Waals surface area contributed by atoms with Gasteiger partial charge >= 0.3 is 0 Å². The van der Waals surface area contributed by atoms with Crippen LogP contribution in [0.3, 0.4) is 0 Å². The second kappa shape index (κ2) is 5.54. The minimum atomic E-state index is -0.298. The first kappa shape index (κ1) is 13.0. The molecule has 0 atom stereocenters. The number of rotatable bonds is 3. The summed E-state index contributed by atoms with van der Waals surface area (Å²) < 4.78 is 14.4. The first-order valence-corrected chi connectivity index (χ1v) is 6.92. The molecular weight excluding hydrogens is 321 g/mol. The molecule has 0 unspecified atom stereocenters. The number of nitrogens with zero attached hydrogens (tertiary/aromatic N) is 2. The van der Waals surface area contributed by atoms with E-state index in [0.29, 0.717) is 16.7 Å². The first-order chi connectivity index (χ1) is 9.74. The second-order valence-corrected chi connectivity index (χ2v) is 5.15. The summed E-state index contributed by atoms with van der Waals surface area (Å²) in [7, 11) is 0. The third kappa shape index (κ3) is 2.63. The van der Waals surface area contributed by atoms with Gasteiger partial charge in [-0.2, -0.15) is 0 Å². The number of fused-ring (bicyclic) bond motifs is 1. The summed E-state index contributed by atoms with van der Waals surface area (Å²) in [5.41, 5.74) is 2.88. The summed E-state index contributed by atoms with van der Waals surface area (Å²) in [5, 5.41) is 3.04. The third-order valence-corrected chi connectivity index (χ3v) is 3.57. The van der Waals surface area contributed by atoms with Gasteiger partial charge in [0, 0.05) is 4.47 Å². The predicted molar refractivity (Wildman–Crippen MR) is 81.0 cm³/mol. The molecule has 3 rings (SSSR count). The molecule has 0 saturated heterocycles. The number of aromatic nitrogens is 2. The fourth-order valence-electron chi connectivity index (χ4n) is 1.93. The summed E-state index contributed by atoms with van der Waals surface area (Å²) in [6.45, 7) is 0.414. The van der Waals surface area contributed by atoms with Gasteiger partial charge in [-0.3, -0.25) is 4.98 Å². The lowest BCUT2D eigenvalue weighted by Crippen LogP contribution is -2.04. The zero-order valence-corrected chi connectivity index (χ0v) is 12.1. The van der Waals surface area contributed by atoms with E-state index in [-0.39, 0.29) is 5.82 Å². The van der Waals surface area contributed by atoms with Crippen molar-refractivity contribution in [2.45, 2.75) is 6.54 Å². The zero-order chi connectivity index (χ0) is 13.9. The molecule has 1 heterocycles. The molecule has 100 valence electrons. The van der Waals surface area contributed by atoms with Crippen molar-refractivity contribution < 1.29 is 4.39 Å². The molecule has 0 radical (unpaired) electrons. The standard InChI is InChI=1S/C15H11BrFN3/c16-11-4-3-5-12(17)15(11)19-9-10-8-18-13-6-1-2-7-14(13)20-10/h1-8,19H,9H2. The highest BCUT2D eigenvalue weighted by molar-refractivity contribution is 9.10. The lowest BCUT2D eigenvalue weighted by Gasteiger charge is -2.09. The molecule has 1 N–H and O–H groups in total. The minimum absolute atomic E-state index is 0.298. The molecule has 0 aliphatic rings. The van der Waals surface area contributed by atoms with Gasteiger partial charge in [0.05, 0.1) is 35.2 Å². The van der Waals surface area contributed by atoms with Crippen LogP contribution >= 0.6 is 15.9 Å². The van der Waals surface area contributed by atoms with Crippen molar-refractivity contribution in [1.82, 2.24) is 9.97 Å². The quantitative estimate of drug-likeness (QED) is 0.783. The van der Waals surface area contributed by atoms with Gasteiger partial charge in [-0.25, -0.2) is 9.37 Å². The average Bonchev–Trinajstić information content (AvgIpc) is 2.46. The molecule has 2 aromatic carbocycles. The number of nitrogens with one attached hydrogen (secondary N) is 1. The highest BCUT2D eigenvalue weighted by Crippen LogP contribution is 2.25. The Kier molecular flexibility index (Phi) is 3.60. The van der Waals surface area contributed by atoms with Crippen LogP contribution in [-0.4, -0.2) is 9.97 Å². The van der Waals surface area contributed by atoms with E-state index in [2.05, 4.69) is 31.2 Å². The van der Waals surface area contributed by atoms with Crippen LogP contribution in [-0.2, 0) is 6.54 Å². The zero-order valence-electron chi connectivity index (χ0n) is 10.5. The molecule has 0 bridgehead atoms. The normalized spacial score (nSPS) is 10.7. The van der Waals surface area contributed by atoms with Gasteiger partial charge in [-0.15, -0.1) is 0 Å². The summed E-state index contributed by atoms with van der Waals surface area (Å²) >= 11 is 3.32. The topological polar surface area (TPSA) is 37.8 Å². The highest BCUT2D eigenvalue weighted by atomic mass is 79.9. The Bertz CT molecular complexity index is 741. The van der Waals surface area contributed by atoms with E-state index in [1.165, 1.54) is 6.07 Å². The maximum atomic E-state index is 13.7. The fraction of sp³-hybridized carbons (Fsp3) is 0.0667. The van der Waals surface area contributed by atoms with Crippen LogP contribution in [0.4, 0.5) is 10.1 Å². The summed E-state index contributed by atoms with van der Waals surface area (Å²) in [6, 6.07) is 12.5. The van der Waals surface area contributed by atoms with Gasteiger partial charge in [0.1, 0.15) is 5.82 Å². The van der Waals surface area contributed by atoms with Crippen LogP contribution < -0.4 is 5.32 Å². The Morgan fingerprint density at radius 1 is 1.05 bits per heavy atom. The number of benzene rings is 2. The Balaban J connectivity index is 1.83. The van der Waals surface area contributed by atoms with E-state index in [1.54, 1.807) is 18.3 Å². The molecule has 0 aliphatic heterocycles. The number of anilines is 1. The van der Waals surface area contributed by atoms with Crippen molar-refractivity contribution in [1.29, 1.82) is 0 Å². The molecule has 0 saturated carbocycles. The van der Waals surface area contributed by atoms with Crippen LogP contribution in [0.1, 0.15) is 5.69 Å². The van der Waals surface area contributed by atoms with Crippen molar-refractivity contribution in [3.05, 3.63) is 64.6 Å². The van der Waals surface area contributed by atoms with E-state index in [9.17, 15) is 4.39 Å². The van der Waals surface area contributed by atoms with Crippen LogP contribution in [0.5, 0.6) is 0 Å². The van der Waals surface area contributed by atoms with Crippen LogP contribution in [0.15, 0.2) is 53.1 Å². The molecule has 0 amide bonds. The molecular formula is C15H11BrFN3. The Morgan fingerprint density at radius 3 is 2.65 bits per heavy atom.